The number of rotatable bonds is 6. The van der Waals surface area contributed by atoms with Gasteiger partial charge in [-0.15, -0.1) is 0 Å². The molecule has 1 aliphatic heterocycles. The number of hydrogen-bond acceptors (Lipinski definition) is 4. The Morgan fingerprint density at radius 1 is 1.55 bits per heavy atom. The zero-order valence-corrected chi connectivity index (χ0v) is 12.4. The molecule has 1 saturated heterocycles. The lowest BCUT2D eigenvalue weighted by Crippen LogP contribution is -2.37. The van der Waals surface area contributed by atoms with Crippen LogP contribution >= 0.6 is 11.6 Å². The summed E-state index contributed by atoms with van der Waals surface area (Å²) < 4.78 is 0. The standard InChI is InChI=1S/C14H20ClN3O2/c1-2-17-7-3-4-13(17)10-16-9-11-5-6-12(18(19)20)8-14(11)15/h5-6,8,13,16H,2-4,7,9-10H2,1H3. The minimum absolute atomic E-state index is 0.0340. The average Bonchev–Trinajstić information content (AvgIpc) is 2.87. The third-order valence-electron chi connectivity index (χ3n) is 3.85. The Labute approximate surface area is 124 Å². The summed E-state index contributed by atoms with van der Waals surface area (Å²) in [5.41, 5.74) is 0.935. The van der Waals surface area contributed by atoms with Crippen LogP contribution in [0.4, 0.5) is 5.69 Å². The number of non-ortho nitro benzene ring substituents is 1. The van der Waals surface area contributed by atoms with E-state index in [0.29, 0.717) is 17.6 Å². The Bertz CT molecular complexity index is 481. The second kappa shape index (κ2) is 7.02. The summed E-state index contributed by atoms with van der Waals surface area (Å²) in [5, 5.41) is 14.5. The first kappa shape index (κ1) is 15.2. The predicted octanol–water partition coefficient (Wildman–Crippen LogP) is 2.82. The zero-order chi connectivity index (χ0) is 14.5. The van der Waals surface area contributed by atoms with Crippen LogP contribution in [0.5, 0.6) is 0 Å². The third kappa shape index (κ3) is 3.69. The highest BCUT2D eigenvalue weighted by Crippen LogP contribution is 2.22. The maximum atomic E-state index is 10.6. The van der Waals surface area contributed by atoms with Gasteiger partial charge < -0.3 is 5.32 Å². The third-order valence-corrected chi connectivity index (χ3v) is 4.20. The lowest BCUT2D eigenvalue weighted by atomic mass is 10.2. The quantitative estimate of drug-likeness (QED) is 0.648. The van der Waals surface area contributed by atoms with Crippen molar-refractivity contribution in [2.75, 3.05) is 19.6 Å². The zero-order valence-electron chi connectivity index (χ0n) is 11.6. The molecule has 1 aliphatic rings. The average molecular weight is 298 g/mol. The minimum atomic E-state index is -0.430. The molecule has 0 amide bonds. The van der Waals surface area contributed by atoms with Gasteiger partial charge in [0, 0.05) is 31.3 Å². The van der Waals surface area contributed by atoms with Gasteiger partial charge in [0.15, 0.2) is 0 Å². The van der Waals surface area contributed by atoms with Crippen LogP contribution in [0.15, 0.2) is 18.2 Å². The van der Waals surface area contributed by atoms with E-state index >= 15 is 0 Å². The van der Waals surface area contributed by atoms with E-state index in [4.69, 9.17) is 11.6 Å². The highest BCUT2D eigenvalue weighted by molar-refractivity contribution is 6.31. The van der Waals surface area contributed by atoms with Crippen LogP contribution in [0.25, 0.3) is 0 Å². The molecule has 1 aromatic rings. The van der Waals surface area contributed by atoms with Gasteiger partial charge in [-0.1, -0.05) is 18.5 Å². The largest absolute Gasteiger partial charge is 0.311 e. The molecule has 0 spiro atoms. The fourth-order valence-corrected chi connectivity index (χ4v) is 2.95. The summed E-state index contributed by atoms with van der Waals surface area (Å²) in [5.74, 6) is 0. The maximum absolute atomic E-state index is 10.6. The van der Waals surface area contributed by atoms with Gasteiger partial charge in [-0.3, -0.25) is 15.0 Å². The Balaban J connectivity index is 1.86. The van der Waals surface area contributed by atoms with Crippen LogP contribution in [0.3, 0.4) is 0 Å². The molecule has 2 rings (SSSR count). The Kier molecular flexibility index (Phi) is 5.34. The molecule has 1 N–H and O–H groups in total. The molecule has 0 aliphatic carbocycles. The molecule has 1 fully saturated rings. The van der Waals surface area contributed by atoms with Gasteiger partial charge in [-0.25, -0.2) is 0 Å². The molecule has 1 aromatic carbocycles. The molecule has 0 aromatic heterocycles. The van der Waals surface area contributed by atoms with Crippen LogP contribution in [-0.4, -0.2) is 35.5 Å². The number of benzene rings is 1. The highest BCUT2D eigenvalue weighted by atomic mass is 35.5. The smallest absolute Gasteiger partial charge is 0.270 e. The molecule has 20 heavy (non-hydrogen) atoms. The van der Waals surface area contributed by atoms with Gasteiger partial charge in [0.25, 0.3) is 5.69 Å². The molecule has 6 heteroatoms. The van der Waals surface area contributed by atoms with Crippen LogP contribution in [-0.2, 0) is 6.54 Å². The van der Waals surface area contributed by atoms with Gasteiger partial charge in [-0.2, -0.15) is 0 Å². The molecule has 5 nitrogen and oxygen atoms in total. The summed E-state index contributed by atoms with van der Waals surface area (Å²) in [6, 6.07) is 5.22. The van der Waals surface area contributed by atoms with E-state index in [1.165, 1.54) is 31.5 Å². The monoisotopic (exact) mass is 297 g/mol. The van der Waals surface area contributed by atoms with Crippen molar-refractivity contribution in [1.82, 2.24) is 10.2 Å². The molecule has 0 radical (unpaired) electrons. The number of nitrogens with one attached hydrogen (secondary N) is 1. The summed E-state index contributed by atoms with van der Waals surface area (Å²) in [6.45, 7) is 6.03. The summed E-state index contributed by atoms with van der Waals surface area (Å²) in [6.07, 6.45) is 2.49. The van der Waals surface area contributed by atoms with Crippen molar-refractivity contribution in [2.45, 2.75) is 32.4 Å². The lowest BCUT2D eigenvalue weighted by molar-refractivity contribution is -0.384. The molecule has 0 bridgehead atoms. The van der Waals surface area contributed by atoms with Crippen molar-refractivity contribution in [3.63, 3.8) is 0 Å². The first-order valence-electron chi connectivity index (χ1n) is 6.99. The maximum Gasteiger partial charge on any atom is 0.270 e. The second-order valence-corrected chi connectivity index (χ2v) is 5.50. The Morgan fingerprint density at radius 3 is 3.00 bits per heavy atom. The number of halogens is 1. The Hall–Kier alpha value is -1.17. The van der Waals surface area contributed by atoms with E-state index in [0.717, 1.165) is 18.7 Å². The molecule has 1 heterocycles. The summed E-state index contributed by atoms with van der Waals surface area (Å²) in [7, 11) is 0. The normalized spacial score (nSPS) is 19.4. The van der Waals surface area contributed by atoms with E-state index < -0.39 is 4.92 Å². The van der Waals surface area contributed by atoms with Crippen LogP contribution in [0.2, 0.25) is 5.02 Å². The topological polar surface area (TPSA) is 58.4 Å². The second-order valence-electron chi connectivity index (χ2n) is 5.09. The van der Waals surface area contributed by atoms with Gasteiger partial charge in [-0.05, 0) is 37.6 Å². The predicted molar refractivity (Wildman–Crippen MR) is 80.1 cm³/mol. The van der Waals surface area contributed by atoms with Gasteiger partial charge >= 0.3 is 0 Å². The molecule has 110 valence electrons. The fourth-order valence-electron chi connectivity index (χ4n) is 2.71. The van der Waals surface area contributed by atoms with Crippen molar-refractivity contribution in [3.05, 3.63) is 38.9 Å². The molecule has 0 saturated carbocycles. The molecule has 1 atom stereocenters. The number of likely N-dealkylation sites (tertiary alicyclic amines) is 1. The number of nitrogens with zero attached hydrogens (tertiary/aromatic N) is 2. The van der Waals surface area contributed by atoms with E-state index in [1.807, 2.05) is 0 Å². The highest BCUT2D eigenvalue weighted by Gasteiger charge is 2.22. The van der Waals surface area contributed by atoms with Gasteiger partial charge in [0.05, 0.1) is 9.95 Å². The van der Waals surface area contributed by atoms with Crippen molar-refractivity contribution >= 4 is 17.3 Å². The molecular formula is C14H20ClN3O2. The first-order valence-corrected chi connectivity index (χ1v) is 7.37. The SMILES string of the molecule is CCN1CCCC1CNCc1ccc([N+](=O)[O-])cc1Cl. The van der Waals surface area contributed by atoms with Gasteiger partial charge in [0.2, 0.25) is 0 Å². The van der Waals surface area contributed by atoms with Gasteiger partial charge in [0.1, 0.15) is 0 Å². The van der Waals surface area contributed by atoms with Crippen LogP contribution in [0, 0.1) is 10.1 Å². The van der Waals surface area contributed by atoms with E-state index in [9.17, 15) is 10.1 Å². The lowest BCUT2D eigenvalue weighted by Gasteiger charge is -2.23. The van der Waals surface area contributed by atoms with E-state index in [1.54, 1.807) is 6.07 Å². The number of nitro benzene ring substituents is 1. The van der Waals surface area contributed by atoms with E-state index in [-0.39, 0.29) is 5.69 Å². The van der Waals surface area contributed by atoms with E-state index in [2.05, 4.69) is 17.1 Å². The number of likely N-dealkylation sites (N-methyl/N-ethyl adjacent to an activating group) is 1. The fraction of sp³-hybridized carbons (Fsp3) is 0.571. The molecule has 1 unspecified atom stereocenters. The van der Waals surface area contributed by atoms with Crippen LogP contribution < -0.4 is 5.32 Å². The summed E-state index contributed by atoms with van der Waals surface area (Å²) >= 11 is 6.07. The Morgan fingerprint density at radius 2 is 2.35 bits per heavy atom. The van der Waals surface area contributed by atoms with Crippen molar-refractivity contribution in [1.29, 1.82) is 0 Å². The van der Waals surface area contributed by atoms with Crippen molar-refractivity contribution in [2.24, 2.45) is 0 Å². The van der Waals surface area contributed by atoms with Crippen molar-refractivity contribution in [3.8, 4) is 0 Å². The van der Waals surface area contributed by atoms with Crippen molar-refractivity contribution < 1.29 is 4.92 Å². The number of hydrogen-bond donors (Lipinski definition) is 1. The first-order chi connectivity index (χ1) is 9.61. The number of nitro groups is 1. The molecular weight excluding hydrogens is 278 g/mol. The summed E-state index contributed by atoms with van der Waals surface area (Å²) in [4.78, 5) is 12.7. The van der Waals surface area contributed by atoms with Crippen LogP contribution in [0.1, 0.15) is 25.3 Å². The minimum Gasteiger partial charge on any atom is -0.311 e.